The number of aryl methyl sites for hydroxylation is 2. The van der Waals surface area contributed by atoms with Crippen LogP contribution in [0.3, 0.4) is 0 Å². The maximum absolute atomic E-state index is 13.0. The molecular formula is C23H36N3O2Y+. The second-order valence-electron chi connectivity index (χ2n) is 8.76. The number of piperidine rings is 2. The fourth-order valence-corrected chi connectivity index (χ4v) is 4.94. The zero-order chi connectivity index (χ0) is 20.1. The minimum Gasteiger partial charge on any atom is -0.342 e. The van der Waals surface area contributed by atoms with Crippen LogP contribution >= 0.6 is 0 Å². The van der Waals surface area contributed by atoms with Crippen molar-refractivity contribution < 1.29 is 46.8 Å². The van der Waals surface area contributed by atoms with Crippen LogP contribution in [0.4, 0.5) is 5.69 Å². The molecule has 2 heterocycles. The van der Waals surface area contributed by atoms with Gasteiger partial charge in [-0.3, -0.25) is 9.59 Å². The number of likely N-dealkylation sites (tertiary alicyclic amines) is 2. The van der Waals surface area contributed by atoms with Gasteiger partial charge in [0.25, 0.3) is 5.91 Å². The zero-order valence-electron chi connectivity index (χ0n) is 18.4. The van der Waals surface area contributed by atoms with Gasteiger partial charge in [-0.15, -0.1) is 0 Å². The van der Waals surface area contributed by atoms with Gasteiger partial charge in [0.1, 0.15) is 0 Å². The predicted octanol–water partition coefficient (Wildman–Crippen LogP) is 3.50. The molecule has 2 saturated heterocycles. The first-order valence-corrected chi connectivity index (χ1v) is 10.9. The van der Waals surface area contributed by atoms with Crippen molar-refractivity contribution in [2.24, 2.45) is 5.92 Å². The number of amides is 2. The Kier molecular flexibility index (Phi) is 9.30. The van der Waals surface area contributed by atoms with Crippen LogP contribution in [-0.2, 0) is 42.3 Å². The summed E-state index contributed by atoms with van der Waals surface area (Å²) in [5, 5.41) is 3.14. The molecule has 0 bridgehead atoms. The van der Waals surface area contributed by atoms with Crippen LogP contribution in [0.5, 0.6) is 0 Å². The van der Waals surface area contributed by atoms with Gasteiger partial charge in [0.2, 0.25) is 5.91 Å². The van der Waals surface area contributed by atoms with E-state index in [1.54, 1.807) is 0 Å². The van der Waals surface area contributed by atoms with Crippen LogP contribution in [0, 0.1) is 19.8 Å². The van der Waals surface area contributed by atoms with Gasteiger partial charge in [0.05, 0.1) is 25.6 Å². The van der Waals surface area contributed by atoms with Crippen LogP contribution < -0.4 is 5.32 Å². The number of para-hydroxylation sites is 1. The summed E-state index contributed by atoms with van der Waals surface area (Å²) in [5.74, 6) is 0.454. The van der Waals surface area contributed by atoms with Crippen molar-refractivity contribution in [3.05, 3.63) is 29.3 Å². The maximum atomic E-state index is 13.0. The van der Waals surface area contributed by atoms with E-state index in [1.165, 1.54) is 6.42 Å². The average molecular weight is 475 g/mol. The zero-order valence-corrected chi connectivity index (χ0v) is 21.2. The van der Waals surface area contributed by atoms with E-state index in [0.29, 0.717) is 12.5 Å². The first-order chi connectivity index (χ1) is 13.4. The third kappa shape index (κ3) is 6.11. The van der Waals surface area contributed by atoms with Gasteiger partial charge < -0.3 is 14.7 Å². The van der Waals surface area contributed by atoms with E-state index in [2.05, 4.69) is 17.1 Å². The molecule has 1 aromatic carbocycles. The van der Waals surface area contributed by atoms with Crippen LogP contribution in [0.15, 0.2) is 18.2 Å². The SMILES string of the molecule is CC[N+]1(CC(=O)Nc2c(C)cccc2C)CCCC(C(=O)N2CCCCC2)C1.[Y]. The number of nitrogens with one attached hydrogen (secondary N) is 1. The van der Waals surface area contributed by atoms with Gasteiger partial charge in [0.15, 0.2) is 6.54 Å². The normalized spacial score (nSPS) is 24.5. The Hall–Kier alpha value is -0.776. The maximum Gasteiger partial charge on any atom is 0.279 e. The Bertz CT molecular complexity index is 698. The summed E-state index contributed by atoms with van der Waals surface area (Å²) in [6.07, 6.45) is 5.49. The van der Waals surface area contributed by atoms with E-state index < -0.39 is 0 Å². The van der Waals surface area contributed by atoms with Crippen molar-refractivity contribution in [3.63, 3.8) is 0 Å². The Balaban J connectivity index is 0.00000300. The first-order valence-electron chi connectivity index (χ1n) is 10.9. The number of hydrogen-bond acceptors (Lipinski definition) is 2. The van der Waals surface area contributed by atoms with E-state index in [1.807, 2.05) is 32.0 Å². The molecule has 1 N–H and O–H groups in total. The smallest absolute Gasteiger partial charge is 0.279 e. The Labute approximate surface area is 201 Å². The van der Waals surface area contributed by atoms with Crippen molar-refractivity contribution >= 4 is 17.5 Å². The summed E-state index contributed by atoms with van der Waals surface area (Å²) < 4.78 is 0.723. The number of anilines is 1. The number of carbonyl (C=O) groups excluding carboxylic acids is 2. The van der Waals surface area contributed by atoms with Gasteiger partial charge in [-0.2, -0.15) is 0 Å². The van der Waals surface area contributed by atoms with Crippen LogP contribution in [0.1, 0.15) is 50.2 Å². The quantitative estimate of drug-likeness (QED) is 0.663. The summed E-state index contributed by atoms with van der Waals surface area (Å²) in [6, 6.07) is 6.07. The molecule has 2 atom stereocenters. The molecule has 6 heteroatoms. The molecule has 2 aliphatic rings. The van der Waals surface area contributed by atoms with Gasteiger partial charge in [-0.25, -0.2) is 0 Å². The topological polar surface area (TPSA) is 49.4 Å². The van der Waals surface area contributed by atoms with Gasteiger partial charge in [0, 0.05) is 51.5 Å². The molecule has 3 rings (SSSR count). The van der Waals surface area contributed by atoms with Gasteiger partial charge in [-0.05, 0) is 64.0 Å². The van der Waals surface area contributed by atoms with Crippen molar-refractivity contribution in [3.8, 4) is 0 Å². The molecule has 0 saturated carbocycles. The van der Waals surface area contributed by atoms with E-state index in [4.69, 9.17) is 0 Å². The van der Waals surface area contributed by atoms with E-state index in [0.717, 1.165) is 79.7 Å². The summed E-state index contributed by atoms with van der Waals surface area (Å²) in [4.78, 5) is 28.0. The largest absolute Gasteiger partial charge is 0.342 e. The molecule has 0 aromatic heterocycles. The second-order valence-corrected chi connectivity index (χ2v) is 8.76. The molecule has 1 aromatic rings. The summed E-state index contributed by atoms with van der Waals surface area (Å²) >= 11 is 0. The second kappa shape index (κ2) is 11.0. The van der Waals surface area contributed by atoms with E-state index >= 15 is 0 Å². The fraction of sp³-hybridized carbons (Fsp3) is 0.652. The molecule has 2 aliphatic heterocycles. The Morgan fingerprint density at radius 2 is 1.76 bits per heavy atom. The van der Waals surface area contributed by atoms with Crippen molar-refractivity contribution in [2.45, 2.75) is 52.9 Å². The molecule has 5 nitrogen and oxygen atoms in total. The fourth-order valence-electron chi connectivity index (χ4n) is 4.94. The third-order valence-corrected chi connectivity index (χ3v) is 6.71. The monoisotopic (exact) mass is 475 g/mol. The van der Waals surface area contributed by atoms with Crippen molar-refractivity contribution in [1.82, 2.24) is 4.90 Å². The number of rotatable bonds is 5. The molecule has 157 valence electrons. The molecular weight excluding hydrogens is 439 g/mol. The van der Waals surface area contributed by atoms with Crippen molar-refractivity contribution in [1.29, 1.82) is 0 Å². The standard InChI is InChI=1S/C23H35N3O2.Y/c1-4-26(17-21(27)24-22-18(2)10-8-11-19(22)3)15-9-12-20(16-26)23(28)25-13-6-5-7-14-25;/h8,10-11,20H,4-7,9,12-17H2,1-3H3;/p+1. The van der Waals surface area contributed by atoms with Gasteiger partial charge >= 0.3 is 0 Å². The molecule has 0 spiro atoms. The molecule has 2 fully saturated rings. The van der Waals surface area contributed by atoms with Crippen LogP contribution in [-0.4, -0.2) is 60.5 Å². The van der Waals surface area contributed by atoms with Crippen LogP contribution in [0.25, 0.3) is 0 Å². The number of benzene rings is 1. The number of hydrogen-bond donors (Lipinski definition) is 1. The van der Waals surface area contributed by atoms with Gasteiger partial charge in [-0.1, -0.05) is 18.2 Å². The third-order valence-electron chi connectivity index (χ3n) is 6.71. The average Bonchev–Trinajstić information content (AvgIpc) is 2.71. The molecule has 2 unspecified atom stereocenters. The summed E-state index contributed by atoms with van der Waals surface area (Å²) in [5.41, 5.74) is 3.11. The molecule has 1 radical (unpaired) electrons. The van der Waals surface area contributed by atoms with E-state index in [-0.39, 0.29) is 44.5 Å². The predicted molar refractivity (Wildman–Crippen MR) is 113 cm³/mol. The molecule has 2 amide bonds. The number of carbonyl (C=O) groups is 2. The summed E-state index contributed by atoms with van der Waals surface area (Å²) in [7, 11) is 0. The van der Waals surface area contributed by atoms with E-state index in [9.17, 15) is 9.59 Å². The first kappa shape index (κ1) is 24.5. The Morgan fingerprint density at radius 3 is 2.38 bits per heavy atom. The molecule has 0 aliphatic carbocycles. The minimum atomic E-state index is 0. The number of likely N-dealkylation sites (N-methyl/N-ethyl adjacent to an activating group) is 1. The number of nitrogens with zero attached hydrogens (tertiary/aromatic N) is 2. The van der Waals surface area contributed by atoms with Crippen molar-refractivity contribution in [2.75, 3.05) is 44.6 Å². The molecule has 29 heavy (non-hydrogen) atoms. The Morgan fingerprint density at radius 1 is 1.10 bits per heavy atom. The minimum absolute atomic E-state index is 0. The summed E-state index contributed by atoms with van der Waals surface area (Å²) in [6.45, 7) is 11.2. The number of quaternary nitrogens is 1. The van der Waals surface area contributed by atoms with Crippen LogP contribution in [0.2, 0.25) is 0 Å².